The van der Waals surface area contributed by atoms with Gasteiger partial charge < -0.3 is 0 Å². The lowest BCUT2D eigenvalue weighted by Gasteiger charge is -2.10. The Bertz CT molecular complexity index is 665. The molecule has 0 aromatic heterocycles. The van der Waals surface area contributed by atoms with Gasteiger partial charge in [0.1, 0.15) is 5.82 Å². The van der Waals surface area contributed by atoms with Crippen LogP contribution in [0.5, 0.6) is 0 Å². The summed E-state index contributed by atoms with van der Waals surface area (Å²) in [6.07, 6.45) is -4.14. The number of carbonyl (C=O) groups is 1. The van der Waals surface area contributed by atoms with Crippen molar-refractivity contribution in [3.05, 3.63) is 58.4 Å². The van der Waals surface area contributed by atoms with E-state index in [1.54, 1.807) is 0 Å². The summed E-state index contributed by atoms with van der Waals surface area (Å²) >= 11 is 5.76. The van der Waals surface area contributed by atoms with Gasteiger partial charge in [-0.25, -0.2) is 4.39 Å². The van der Waals surface area contributed by atoms with Crippen LogP contribution in [0.2, 0.25) is 5.02 Å². The molecule has 6 heteroatoms. The van der Waals surface area contributed by atoms with Gasteiger partial charge in [-0.3, -0.25) is 4.79 Å². The van der Waals surface area contributed by atoms with E-state index in [0.29, 0.717) is 6.29 Å². The van der Waals surface area contributed by atoms with E-state index >= 15 is 0 Å². The largest absolute Gasteiger partial charge is 0.416 e. The summed E-state index contributed by atoms with van der Waals surface area (Å²) in [5.74, 6) is -0.809. The van der Waals surface area contributed by atoms with Gasteiger partial charge in [-0.05, 0) is 29.8 Å². The molecule has 0 bridgehead atoms. The summed E-state index contributed by atoms with van der Waals surface area (Å²) in [6, 6.07) is 6.27. The monoisotopic (exact) mass is 302 g/mol. The standard InChI is InChI=1S/C14H7ClF4O/c15-12-6-11(13(16)5-9(12)7-20)8-2-1-3-10(4-8)14(17,18)19/h1-7H. The Morgan fingerprint density at radius 1 is 1.10 bits per heavy atom. The SMILES string of the molecule is O=Cc1cc(F)c(-c2cccc(C(F)(F)F)c2)cc1Cl. The third-order valence-electron chi connectivity index (χ3n) is 2.71. The van der Waals surface area contributed by atoms with Crippen molar-refractivity contribution in [1.29, 1.82) is 0 Å². The van der Waals surface area contributed by atoms with Gasteiger partial charge in [-0.1, -0.05) is 23.7 Å². The minimum atomic E-state index is -4.51. The number of rotatable bonds is 2. The molecule has 0 aliphatic rings. The van der Waals surface area contributed by atoms with Crippen LogP contribution in [0.1, 0.15) is 15.9 Å². The zero-order chi connectivity index (χ0) is 14.9. The lowest BCUT2D eigenvalue weighted by molar-refractivity contribution is -0.137. The fourth-order valence-electron chi connectivity index (χ4n) is 1.74. The maximum atomic E-state index is 13.8. The van der Waals surface area contributed by atoms with Gasteiger partial charge in [0, 0.05) is 11.1 Å². The molecule has 0 fully saturated rings. The normalized spacial score (nSPS) is 11.4. The number of hydrogen-bond acceptors (Lipinski definition) is 1. The number of halogens is 5. The quantitative estimate of drug-likeness (QED) is 0.565. The Kier molecular flexibility index (Phi) is 3.81. The van der Waals surface area contributed by atoms with Gasteiger partial charge >= 0.3 is 6.18 Å². The number of benzene rings is 2. The first-order valence-corrected chi connectivity index (χ1v) is 5.82. The first-order chi connectivity index (χ1) is 9.32. The van der Waals surface area contributed by atoms with Crippen LogP contribution in [0.15, 0.2) is 36.4 Å². The van der Waals surface area contributed by atoms with Crippen molar-refractivity contribution >= 4 is 17.9 Å². The minimum Gasteiger partial charge on any atom is -0.298 e. The van der Waals surface area contributed by atoms with Gasteiger partial charge in [-0.2, -0.15) is 13.2 Å². The fraction of sp³-hybridized carbons (Fsp3) is 0.0714. The fourth-order valence-corrected chi connectivity index (χ4v) is 1.95. The number of aldehydes is 1. The zero-order valence-electron chi connectivity index (χ0n) is 9.84. The molecule has 2 rings (SSSR count). The minimum absolute atomic E-state index is 0.0196. The summed E-state index contributed by atoms with van der Waals surface area (Å²) in [6.45, 7) is 0. The highest BCUT2D eigenvalue weighted by Gasteiger charge is 2.30. The molecule has 1 nitrogen and oxygen atoms in total. The average Bonchev–Trinajstić information content (AvgIpc) is 2.40. The summed E-state index contributed by atoms with van der Waals surface area (Å²) in [7, 11) is 0. The van der Waals surface area contributed by atoms with Gasteiger partial charge in [0.25, 0.3) is 0 Å². The molecular weight excluding hydrogens is 296 g/mol. The van der Waals surface area contributed by atoms with Crippen LogP contribution in [0.3, 0.4) is 0 Å². The van der Waals surface area contributed by atoms with Crippen LogP contribution in [-0.4, -0.2) is 6.29 Å². The van der Waals surface area contributed by atoms with E-state index in [0.717, 1.165) is 24.3 Å². The molecule has 0 aliphatic heterocycles. The van der Waals surface area contributed by atoms with Crippen molar-refractivity contribution in [2.45, 2.75) is 6.18 Å². The van der Waals surface area contributed by atoms with E-state index in [2.05, 4.69) is 0 Å². The first-order valence-electron chi connectivity index (χ1n) is 5.45. The molecule has 0 radical (unpaired) electrons. The second-order valence-corrected chi connectivity index (χ2v) is 4.46. The van der Waals surface area contributed by atoms with Crippen molar-refractivity contribution in [3.63, 3.8) is 0 Å². The predicted molar refractivity (Wildman–Crippen MR) is 67.2 cm³/mol. The smallest absolute Gasteiger partial charge is 0.298 e. The number of alkyl halides is 3. The molecule has 0 aliphatic carbocycles. The van der Waals surface area contributed by atoms with E-state index in [4.69, 9.17) is 11.6 Å². The van der Waals surface area contributed by atoms with Crippen LogP contribution in [0.25, 0.3) is 11.1 Å². The molecular formula is C14H7ClF4O. The summed E-state index contributed by atoms with van der Waals surface area (Å²) in [5, 5.41) is -0.0196. The molecule has 2 aromatic carbocycles. The first kappa shape index (κ1) is 14.5. The van der Waals surface area contributed by atoms with Crippen LogP contribution < -0.4 is 0 Å². The van der Waals surface area contributed by atoms with Gasteiger partial charge in [0.05, 0.1) is 10.6 Å². The number of hydrogen-bond donors (Lipinski definition) is 0. The highest BCUT2D eigenvalue weighted by Crippen LogP contribution is 2.34. The predicted octanol–water partition coefficient (Wildman–Crippen LogP) is 4.98. The molecule has 0 atom stereocenters. The van der Waals surface area contributed by atoms with Crippen LogP contribution in [0, 0.1) is 5.82 Å². The summed E-state index contributed by atoms with van der Waals surface area (Å²) in [4.78, 5) is 10.6. The number of carbonyl (C=O) groups excluding carboxylic acids is 1. The van der Waals surface area contributed by atoms with Crippen molar-refractivity contribution in [2.75, 3.05) is 0 Å². The second-order valence-electron chi connectivity index (χ2n) is 4.05. The molecule has 0 N–H and O–H groups in total. The summed E-state index contributed by atoms with van der Waals surface area (Å²) in [5.41, 5.74) is -0.992. The molecule has 20 heavy (non-hydrogen) atoms. The third-order valence-corrected chi connectivity index (χ3v) is 3.04. The van der Waals surface area contributed by atoms with E-state index in [-0.39, 0.29) is 21.7 Å². The topological polar surface area (TPSA) is 17.1 Å². The lowest BCUT2D eigenvalue weighted by Crippen LogP contribution is -2.04. The molecule has 0 saturated heterocycles. The van der Waals surface area contributed by atoms with Crippen LogP contribution in [0.4, 0.5) is 17.6 Å². The van der Waals surface area contributed by atoms with Crippen molar-refractivity contribution in [2.24, 2.45) is 0 Å². The molecule has 0 heterocycles. The molecule has 0 unspecified atom stereocenters. The zero-order valence-corrected chi connectivity index (χ0v) is 10.6. The van der Waals surface area contributed by atoms with Gasteiger partial charge in [0.2, 0.25) is 0 Å². The molecule has 0 spiro atoms. The van der Waals surface area contributed by atoms with E-state index in [1.165, 1.54) is 12.1 Å². The Morgan fingerprint density at radius 2 is 1.80 bits per heavy atom. The molecule has 0 saturated carbocycles. The van der Waals surface area contributed by atoms with Crippen LogP contribution >= 0.6 is 11.6 Å². The Labute approximate surface area is 116 Å². The van der Waals surface area contributed by atoms with Crippen molar-refractivity contribution in [3.8, 4) is 11.1 Å². The average molecular weight is 303 g/mol. The Hall–Kier alpha value is -1.88. The Balaban J connectivity index is 2.57. The van der Waals surface area contributed by atoms with Gasteiger partial charge in [-0.15, -0.1) is 0 Å². The van der Waals surface area contributed by atoms with Crippen LogP contribution in [-0.2, 0) is 6.18 Å². The van der Waals surface area contributed by atoms with E-state index < -0.39 is 17.6 Å². The van der Waals surface area contributed by atoms with Gasteiger partial charge in [0.15, 0.2) is 6.29 Å². The van der Waals surface area contributed by atoms with E-state index in [1.807, 2.05) is 0 Å². The highest BCUT2D eigenvalue weighted by molar-refractivity contribution is 6.33. The molecule has 0 amide bonds. The summed E-state index contributed by atoms with van der Waals surface area (Å²) < 4.78 is 51.7. The highest BCUT2D eigenvalue weighted by atomic mass is 35.5. The van der Waals surface area contributed by atoms with Crippen molar-refractivity contribution < 1.29 is 22.4 Å². The Morgan fingerprint density at radius 3 is 2.40 bits per heavy atom. The third kappa shape index (κ3) is 2.82. The molecule has 2 aromatic rings. The molecule has 104 valence electrons. The second kappa shape index (κ2) is 5.25. The van der Waals surface area contributed by atoms with E-state index in [9.17, 15) is 22.4 Å². The lowest BCUT2D eigenvalue weighted by atomic mass is 10.0. The maximum Gasteiger partial charge on any atom is 0.416 e. The van der Waals surface area contributed by atoms with Crippen molar-refractivity contribution in [1.82, 2.24) is 0 Å². The maximum absolute atomic E-state index is 13.8.